The van der Waals surface area contributed by atoms with Crippen LogP contribution in [0.1, 0.15) is 50.2 Å². The molecule has 0 heterocycles. The molecule has 100 valence electrons. The highest BCUT2D eigenvalue weighted by Gasteiger charge is 2.19. The summed E-state index contributed by atoms with van der Waals surface area (Å²) in [4.78, 5) is 0. The highest BCUT2D eigenvalue weighted by Crippen LogP contribution is 2.32. The van der Waals surface area contributed by atoms with Crippen molar-refractivity contribution in [2.75, 3.05) is 7.11 Å². The lowest BCUT2D eigenvalue weighted by molar-refractivity contribution is 0.131. The topological polar surface area (TPSA) is 29.5 Å². The molecule has 18 heavy (non-hydrogen) atoms. The van der Waals surface area contributed by atoms with Crippen LogP contribution in [0.15, 0.2) is 18.2 Å². The van der Waals surface area contributed by atoms with E-state index in [0.717, 1.165) is 6.42 Å². The molecule has 0 radical (unpaired) electrons. The summed E-state index contributed by atoms with van der Waals surface area (Å²) in [6.07, 6.45) is 6.39. The maximum atomic E-state index is 13.6. The summed E-state index contributed by atoms with van der Waals surface area (Å²) < 4.78 is 18.4. The highest BCUT2D eigenvalue weighted by atomic mass is 19.1. The standard InChI is InChI=1S/C15H21FO2/c1-18-15-8-7-12(10-13(15)16)14(17)9-11-5-3-2-4-6-11/h7-8,10-11,14,17H,2-6,9H2,1H3. The average molecular weight is 252 g/mol. The number of benzene rings is 1. The molecule has 0 aromatic heterocycles. The molecular formula is C15H21FO2. The van der Waals surface area contributed by atoms with Crippen LogP contribution in [0.4, 0.5) is 4.39 Å². The van der Waals surface area contributed by atoms with Crippen molar-refractivity contribution >= 4 is 0 Å². The Bertz CT molecular complexity index is 386. The number of methoxy groups -OCH3 is 1. The number of halogens is 1. The minimum Gasteiger partial charge on any atom is -0.494 e. The average Bonchev–Trinajstić information content (AvgIpc) is 2.39. The van der Waals surface area contributed by atoms with E-state index in [0.29, 0.717) is 11.5 Å². The van der Waals surface area contributed by atoms with Crippen LogP contribution in [-0.2, 0) is 0 Å². The lowest BCUT2D eigenvalue weighted by Gasteiger charge is -2.24. The number of aliphatic hydroxyl groups excluding tert-OH is 1. The fourth-order valence-electron chi connectivity index (χ4n) is 2.76. The van der Waals surface area contributed by atoms with Crippen LogP contribution < -0.4 is 4.74 Å². The molecule has 1 saturated carbocycles. The number of rotatable bonds is 4. The molecule has 1 fully saturated rings. The minimum atomic E-state index is -0.562. The molecular weight excluding hydrogens is 231 g/mol. The van der Waals surface area contributed by atoms with Gasteiger partial charge in [0.15, 0.2) is 11.6 Å². The first-order chi connectivity index (χ1) is 8.70. The molecule has 0 spiro atoms. The van der Waals surface area contributed by atoms with Crippen LogP contribution in [0.25, 0.3) is 0 Å². The van der Waals surface area contributed by atoms with Crippen LogP contribution >= 0.6 is 0 Å². The second-order valence-corrected chi connectivity index (χ2v) is 5.15. The van der Waals surface area contributed by atoms with Crippen molar-refractivity contribution in [3.05, 3.63) is 29.6 Å². The zero-order valence-corrected chi connectivity index (χ0v) is 10.9. The summed E-state index contributed by atoms with van der Waals surface area (Å²) >= 11 is 0. The molecule has 1 atom stereocenters. The summed E-state index contributed by atoms with van der Waals surface area (Å²) in [5.74, 6) is 0.403. The molecule has 2 rings (SSSR count). The van der Waals surface area contributed by atoms with E-state index in [1.807, 2.05) is 0 Å². The van der Waals surface area contributed by atoms with Gasteiger partial charge >= 0.3 is 0 Å². The molecule has 0 saturated heterocycles. The van der Waals surface area contributed by atoms with Gasteiger partial charge in [0.2, 0.25) is 0 Å². The third-order valence-electron chi connectivity index (χ3n) is 3.84. The van der Waals surface area contributed by atoms with Crippen molar-refractivity contribution in [3.8, 4) is 5.75 Å². The quantitative estimate of drug-likeness (QED) is 0.882. The van der Waals surface area contributed by atoms with Gasteiger partial charge in [-0.1, -0.05) is 38.2 Å². The summed E-state index contributed by atoms with van der Waals surface area (Å²) in [5, 5.41) is 10.2. The minimum absolute atomic E-state index is 0.226. The maximum absolute atomic E-state index is 13.6. The van der Waals surface area contributed by atoms with Gasteiger partial charge in [0.05, 0.1) is 13.2 Å². The molecule has 1 aliphatic rings. The zero-order valence-electron chi connectivity index (χ0n) is 10.9. The van der Waals surface area contributed by atoms with Crippen LogP contribution in [0.5, 0.6) is 5.75 Å². The van der Waals surface area contributed by atoms with Crippen LogP contribution in [-0.4, -0.2) is 12.2 Å². The van der Waals surface area contributed by atoms with E-state index in [1.165, 1.54) is 45.3 Å². The van der Waals surface area contributed by atoms with Gasteiger partial charge in [-0.15, -0.1) is 0 Å². The Labute approximate surface area is 108 Å². The van der Waals surface area contributed by atoms with Crippen molar-refractivity contribution in [2.24, 2.45) is 5.92 Å². The van der Waals surface area contributed by atoms with Gasteiger partial charge in [0, 0.05) is 0 Å². The van der Waals surface area contributed by atoms with E-state index in [-0.39, 0.29) is 5.75 Å². The lowest BCUT2D eigenvalue weighted by Crippen LogP contribution is -2.11. The Hall–Kier alpha value is -1.09. The molecule has 1 unspecified atom stereocenters. The largest absolute Gasteiger partial charge is 0.494 e. The second-order valence-electron chi connectivity index (χ2n) is 5.15. The fourth-order valence-corrected chi connectivity index (χ4v) is 2.76. The fraction of sp³-hybridized carbons (Fsp3) is 0.600. The van der Waals surface area contributed by atoms with Crippen molar-refractivity contribution in [1.29, 1.82) is 0 Å². The first-order valence-corrected chi connectivity index (χ1v) is 6.72. The Balaban J connectivity index is 1.99. The van der Waals surface area contributed by atoms with Crippen LogP contribution in [0.3, 0.4) is 0 Å². The number of aliphatic hydroxyl groups is 1. The molecule has 0 aliphatic heterocycles. The first kappa shape index (κ1) is 13.3. The molecule has 1 aromatic rings. The van der Waals surface area contributed by atoms with Crippen molar-refractivity contribution < 1.29 is 14.2 Å². The lowest BCUT2D eigenvalue weighted by atomic mass is 9.84. The summed E-state index contributed by atoms with van der Waals surface area (Å²) in [6, 6.07) is 4.70. The molecule has 1 N–H and O–H groups in total. The number of hydrogen-bond donors (Lipinski definition) is 1. The molecule has 0 bridgehead atoms. The zero-order chi connectivity index (χ0) is 13.0. The predicted octanol–water partition coefficient (Wildman–Crippen LogP) is 3.84. The predicted molar refractivity (Wildman–Crippen MR) is 69.1 cm³/mol. The number of ether oxygens (including phenoxy) is 1. The van der Waals surface area contributed by atoms with Gasteiger partial charge in [-0.3, -0.25) is 0 Å². The monoisotopic (exact) mass is 252 g/mol. The van der Waals surface area contributed by atoms with Crippen molar-refractivity contribution in [2.45, 2.75) is 44.6 Å². The van der Waals surface area contributed by atoms with Gasteiger partial charge in [0.1, 0.15) is 0 Å². The third kappa shape index (κ3) is 3.22. The third-order valence-corrected chi connectivity index (χ3v) is 3.84. The van der Waals surface area contributed by atoms with Gasteiger partial charge < -0.3 is 9.84 Å². The molecule has 3 heteroatoms. The van der Waals surface area contributed by atoms with Gasteiger partial charge in [-0.25, -0.2) is 4.39 Å². The van der Waals surface area contributed by atoms with Crippen molar-refractivity contribution in [1.82, 2.24) is 0 Å². The van der Waals surface area contributed by atoms with E-state index >= 15 is 0 Å². The highest BCUT2D eigenvalue weighted by molar-refractivity contribution is 5.30. The normalized spacial score (nSPS) is 18.6. The van der Waals surface area contributed by atoms with E-state index in [4.69, 9.17) is 4.74 Å². The van der Waals surface area contributed by atoms with Gasteiger partial charge in [0.25, 0.3) is 0 Å². The van der Waals surface area contributed by atoms with Gasteiger partial charge in [-0.2, -0.15) is 0 Å². The Morgan fingerprint density at radius 1 is 1.33 bits per heavy atom. The molecule has 0 amide bonds. The van der Waals surface area contributed by atoms with E-state index in [1.54, 1.807) is 12.1 Å². The SMILES string of the molecule is COc1ccc(C(O)CC2CCCCC2)cc1F. The number of hydrogen-bond acceptors (Lipinski definition) is 2. The van der Waals surface area contributed by atoms with E-state index < -0.39 is 11.9 Å². The smallest absolute Gasteiger partial charge is 0.165 e. The van der Waals surface area contributed by atoms with Gasteiger partial charge in [-0.05, 0) is 30.0 Å². The Morgan fingerprint density at radius 2 is 2.06 bits per heavy atom. The second kappa shape index (κ2) is 6.19. The Kier molecular flexibility index (Phi) is 4.59. The van der Waals surface area contributed by atoms with Crippen LogP contribution in [0.2, 0.25) is 0 Å². The summed E-state index contributed by atoms with van der Waals surface area (Å²) in [7, 11) is 1.44. The first-order valence-electron chi connectivity index (χ1n) is 6.72. The summed E-state index contributed by atoms with van der Waals surface area (Å²) in [5.41, 5.74) is 0.652. The van der Waals surface area contributed by atoms with Crippen molar-refractivity contribution in [3.63, 3.8) is 0 Å². The Morgan fingerprint density at radius 3 is 2.67 bits per heavy atom. The van der Waals surface area contributed by atoms with Crippen LogP contribution in [0, 0.1) is 11.7 Å². The molecule has 2 nitrogen and oxygen atoms in total. The molecule has 1 aliphatic carbocycles. The molecule has 1 aromatic carbocycles. The summed E-state index contributed by atoms with van der Waals surface area (Å²) in [6.45, 7) is 0. The maximum Gasteiger partial charge on any atom is 0.165 e. The van der Waals surface area contributed by atoms with E-state index in [9.17, 15) is 9.50 Å². The van der Waals surface area contributed by atoms with E-state index in [2.05, 4.69) is 0 Å².